The lowest BCUT2D eigenvalue weighted by molar-refractivity contribution is -0.135. The molecule has 0 aliphatic carbocycles. The minimum absolute atomic E-state index is 0.0326. The van der Waals surface area contributed by atoms with Crippen molar-refractivity contribution in [2.75, 3.05) is 49.7 Å². The molecule has 3 rings (SSSR count). The third-order valence-electron chi connectivity index (χ3n) is 4.17. The predicted octanol–water partition coefficient (Wildman–Crippen LogP) is 0.575. The number of para-hydroxylation sites is 2. The maximum absolute atomic E-state index is 12.5. The molecule has 0 spiro atoms. The molecule has 7 heteroatoms. The predicted molar refractivity (Wildman–Crippen MR) is 91.0 cm³/mol. The molecule has 1 aromatic rings. The van der Waals surface area contributed by atoms with Gasteiger partial charge in [0.15, 0.2) is 0 Å². The molecule has 2 fully saturated rings. The third-order valence-corrected chi connectivity index (χ3v) is 5.20. The van der Waals surface area contributed by atoms with Crippen LogP contribution in [0.1, 0.15) is 0 Å². The summed E-state index contributed by atoms with van der Waals surface area (Å²) in [6, 6.07) is 7.55. The summed E-state index contributed by atoms with van der Waals surface area (Å²) in [6.45, 7) is 2.85. The van der Waals surface area contributed by atoms with Crippen molar-refractivity contribution in [1.82, 2.24) is 10.2 Å². The number of anilines is 1. The molecular weight excluding hydrogens is 314 g/mol. The number of benzene rings is 1. The summed E-state index contributed by atoms with van der Waals surface area (Å²) < 4.78 is 5.41. The van der Waals surface area contributed by atoms with Crippen molar-refractivity contribution < 1.29 is 14.3 Å². The maximum Gasteiger partial charge on any atom is 0.246 e. The van der Waals surface area contributed by atoms with Crippen molar-refractivity contribution in [2.24, 2.45) is 0 Å². The van der Waals surface area contributed by atoms with E-state index in [-0.39, 0.29) is 17.9 Å². The highest BCUT2D eigenvalue weighted by atomic mass is 32.2. The summed E-state index contributed by atoms with van der Waals surface area (Å²) >= 11 is 1.52. The molecule has 124 valence electrons. The van der Waals surface area contributed by atoms with Crippen molar-refractivity contribution in [1.29, 1.82) is 0 Å². The highest BCUT2D eigenvalue weighted by molar-refractivity contribution is 8.00. The van der Waals surface area contributed by atoms with E-state index in [1.54, 1.807) is 7.11 Å². The highest BCUT2D eigenvalue weighted by Gasteiger charge is 2.31. The molecule has 1 atom stereocenters. The average Bonchev–Trinajstić information content (AvgIpc) is 2.61. The fourth-order valence-corrected chi connectivity index (χ4v) is 3.81. The Morgan fingerprint density at radius 1 is 1.26 bits per heavy atom. The molecule has 0 bridgehead atoms. The number of nitrogens with zero attached hydrogens (tertiary/aromatic N) is 2. The molecule has 0 aromatic heterocycles. The summed E-state index contributed by atoms with van der Waals surface area (Å²) in [5.41, 5.74) is 1.06. The molecule has 1 N–H and O–H groups in total. The molecule has 2 heterocycles. The summed E-state index contributed by atoms with van der Waals surface area (Å²) in [5, 5.41) is 2.79. The van der Waals surface area contributed by atoms with Crippen LogP contribution in [0.2, 0.25) is 0 Å². The van der Waals surface area contributed by atoms with Crippen LogP contribution in [0, 0.1) is 0 Å². The fourth-order valence-electron chi connectivity index (χ4n) is 2.96. The second-order valence-electron chi connectivity index (χ2n) is 5.62. The zero-order valence-corrected chi connectivity index (χ0v) is 14.0. The summed E-state index contributed by atoms with van der Waals surface area (Å²) in [5.74, 6) is 1.95. The molecule has 2 amide bonds. The van der Waals surface area contributed by atoms with E-state index >= 15 is 0 Å². The van der Waals surface area contributed by atoms with E-state index < -0.39 is 0 Å². The molecule has 0 saturated carbocycles. The van der Waals surface area contributed by atoms with Gasteiger partial charge in [-0.15, -0.1) is 11.8 Å². The van der Waals surface area contributed by atoms with Gasteiger partial charge in [-0.05, 0) is 12.1 Å². The Morgan fingerprint density at radius 3 is 2.70 bits per heavy atom. The van der Waals surface area contributed by atoms with Gasteiger partial charge >= 0.3 is 0 Å². The van der Waals surface area contributed by atoms with E-state index in [4.69, 9.17) is 4.74 Å². The third kappa shape index (κ3) is 3.55. The molecule has 2 aliphatic heterocycles. The second kappa shape index (κ2) is 7.12. The number of carbonyl (C=O) groups excluding carboxylic acids is 2. The van der Waals surface area contributed by atoms with Crippen LogP contribution < -0.4 is 15.0 Å². The number of rotatable bonds is 3. The van der Waals surface area contributed by atoms with Gasteiger partial charge in [-0.25, -0.2) is 0 Å². The van der Waals surface area contributed by atoms with Crippen molar-refractivity contribution in [3.8, 4) is 5.75 Å². The van der Waals surface area contributed by atoms with Crippen LogP contribution in [0.4, 0.5) is 5.69 Å². The Hall–Kier alpha value is -1.89. The van der Waals surface area contributed by atoms with E-state index in [9.17, 15) is 9.59 Å². The van der Waals surface area contributed by atoms with Gasteiger partial charge < -0.3 is 19.9 Å². The van der Waals surface area contributed by atoms with E-state index in [1.165, 1.54) is 11.8 Å². The van der Waals surface area contributed by atoms with Crippen molar-refractivity contribution in [2.45, 2.75) is 6.04 Å². The van der Waals surface area contributed by atoms with Crippen LogP contribution >= 0.6 is 11.8 Å². The smallest absolute Gasteiger partial charge is 0.246 e. The topological polar surface area (TPSA) is 61.9 Å². The van der Waals surface area contributed by atoms with Crippen LogP contribution in [0.3, 0.4) is 0 Å². The summed E-state index contributed by atoms with van der Waals surface area (Å²) in [7, 11) is 1.67. The van der Waals surface area contributed by atoms with Gasteiger partial charge in [0.2, 0.25) is 11.8 Å². The SMILES string of the molecule is COc1ccccc1N1CCN(C(=O)C2CSCC(=O)N2)CC1. The number of methoxy groups -OCH3 is 1. The van der Waals surface area contributed by atoms with Crippen LogP contribution in [-0.4, -0.2) is 67.6 Å². The van der Waals surface area contributed by atoms with Crippen molar-refractivity contribution in [3.63, 3.8) is 0 Å². The van der Waals surface area contributed by atoms with Gasteiger partial charge in [-0.1, -0.05) is 12.1 Å². The first-order valence-electron chi connectivity index (χ1n) is 7.73. The molecule has 1 aromatic carbocycles. The lowest BCUT2D eigenvalue weighted by Gasteiger charge is -2.38. The minimum atomic E-state index is -0.376. The van der Waals surface area contributed by atoms with Crippen molar-refractivity contribution in [3.05, 3.63) is 24.3 Å². The average molecular weight is 335 g/mol. The maximum atomic E-state index is 12.5. The molecule has 2 saturated heterocycles. The van der Waals surface area contributed by atoms with Crippen LogP contribution in [0.25, 0.3) is 0 Å². The minimum Gasteiger partial charge on any atom is -0.495 e. The number of hydrogen-bond donors (Lipinski definition) is 1. The number of ether oxygens (including phenoxy) is 1. The number of piperazine rings is 1. The number of thioether (sulfide) groups is 1. The first kappa shape index (κ1) is 16.0. The Bertz CT molecular complexity index is 588. The Morgan fingerprint density at radius 2 is 2.00 bits per heavy atom. The lowest BCUT2D eigenvalue weighted by atomic mass is 10.2. The number of amides is 2. The molecule has 0 radical (unpaired) electrons. The van der Waals surface area contributed by atoms with Gasteiger partial charge in [0.1, 0.15) is 11.8 Å². The van der Waals surface area contributed by atoms with Crippen LogP contribution in [-0.2, 0) is 9.59 Å². The zero-order valence-electron chi connectivity index (χ0n) is 13.2. The number of hydrogen-bond acceptors (Lipinski definition) is 5. The molecule has 2 aliphatic rings. The Balaban J connectivity index is 1.60. The highest BCUT2D eigenvalue weighted by Crippen LogP contribution is 2.28. The quantitative estimate of drug-likeness (QED) is 0.875. The largest absolute Gasteiger partial charge is 0.495 e. The first-order chi connectivity index (χ1) is 11.2. The van der Waals surface area contributed by atoms with Crippen molar-refractivity contribution >= 4 is 29.3 Å². The molecule has 6 nitrogen and oxygen atoms in total. The Kier molecular flexibility index (Phi) is 4.95. The van der Waals surface area contributed by atoms with Gasteiger partial charge in [-0.2, -0.15) is 0 Å². The van der Waals surface area contributed by atoms with E-state index in [2.05, 4.69) is 10.2 Å². The molecule has 1 unspecified atom stereocenters. The lowest BCUT2D eigenvalue weighted by Crippen LogP contribution is -2.57. The zero-order chi connectivity index (χ0) is 16.2. The van der Waals surface area contributed by atoms with Gasteiger partial charge in [-0.3, -0.25) is 9.59 Å². The summed E-state index contributed by atoms with van der Waals surface area (Å²) in [6.07, 6.45) is 0. The van der Waals surface area contributed by atoms with E-state index in [0.717, 1.165) is 24.5 Å². The van der Waals surface area contributed by atoms with E-state index in [0.29, 0.717) is 24.6 Å². The van der Waals surface area contributed by atoms with Gasteiger partial charge in [0.05, 0.1) is 18.6 Å². The van der Waals surface area contributed by atoms with Crippen LogP contribution in [0.5, 0.6) is 5.75 Å². The van der Waals surface area contributed by atoms with Crippen LogP contribution in [0.15, 0.2) is 24.3 Å². The standard InChI is InChI=1S/C16H21N3O3S/c1-22-14-5-3-2-4-13(14)18-6-8-19(9-7-18)16(21)12-10-23-11-15(20)17-12/h2-5,12H,6-11H2,1H3,(H,17,20). The summed E-state index contributed by atoms with van der Waals surface area (Å²) in [4.78, 5) is 28.0. The normalized spacial score (nSPS) is 21.8. The Labute approximate surface area is 140 Å². The van der Waals surface area contributed by atoms with Gasteiger partial charge in [0, 0.05) is 31.9 Å². The van der Waals surface area contributed by atoms with E-state index in [1.807, 2.05) is 29.2 Å². The number of carbonyl (C=O) groups is 2. The number of nitrogens with one attached hydrogen (secondary N) is 1. The van der Waals surface area contributed by atoms with Gasteiger partial charge in [0.25, 0.3) is 0 Å². The molecule has 23 heavy (non-hydrogen) atoms. The second-order valence-corrected chi connectivity index (χ2v) is 6.65. The monoisotopic (exact) mass is 335 g/mol. The fraction of sp³-hybridized carbons (Fsp3) is 0.500. The molecular formula is C16H21N3O3S. The first-order valence-corrected chi connectivity index (χ1v) is 8.88.